The number of sulfonamides is 1. The first kappa shape index (κ1) is 14.9. The Morgan fingerprint density at radius 1 is 1.29 bits per heavy atom. The lowest BCUT2D eigenvalue weighted by Gasteiger charge is -2.06. The first-order valence-corrected chi connectivity index (χ1v) is 7.19. The Morgan fingerprint density at radius 3 is 2.76 bits per heavy atom. The van der Waals surface area contributed by atoms with Crippen molar-refractivity contribution in [2.75, 3.05) is 11.3 Å². The standard InChI is InChI=1S/C13H10FN3O3S/c14-11-3-4-13(16-8-11)17-21(19,20)12-6-10(2-1-5-18)7-15-9-12/h3-4,6-9,18H,5H2,(H,16,17). The van der Waals surface area contributed by atoms with Crippen molar-refractivity contribution in [3.05, 3.63) is 48.2 Å². The Labute approximate surface area is 120 Å². The van der Waals surface area contributed by atoms with Gasteiger partial charge < -0.3 is 5.11 Å². The molecule has 2 aromatic heterocycles. The van der Waals surface area contributed by atoms with Gasteiger partial charge in [0.2, 0.25) is 0 Å². The van der Waals surface area contributed by atoms with Gasteiger partial charge >= 0.3 is 0 Å². The van der Waals surface area contributed by atoms with E-state index in [0.29, 0.717) is 5.56 Å². The molecule has 108 valence electrons. The number of anilines is 1. The highest BCUT2D eigenvalue weighted by Gasteiger charge is 2.15. The molecule has 0 spiro atoms. The Balaban J connectivity index is 2.29. The first-order valence-electron chi connectivity index (χ1n) is 5.70. The van der Waals surface area contributed by atoms with Crippen molar-refractivity contribution in [1.29, 1.82) is 0 Å². The summed E-state index contributed by atoms with van der Waals surface area (Å²) in [6.45, 7) is -0.339. The molecule has 8 heteroatoms. The lowest BCUT2D eigenvalue weighted by Crippen LogP contribution is -2.14. The van der Waals surface area contributed by atoms with E-state index in [-0.39, 0.29) is 17.3 Å². The molecule has 0 fully saturated rings. The van der Waals surface area contributed by atoms with E-state index in [9.17, 15) is 12.8 Å². The Morgan fingerprint density at radius 2 is 2.10 bits per heavy atom. The summed E-state index contributed by atoms with van der Waals surface area (Å²) in [6, 6.07) is 3.60. The molecular formula is C13H10FN3O3S. The van der Waals surface area contributed by atoms with Crippen molar-refractivity contribution >= 4 is 15.8 Å². The molecular weight excluding hydrogens is 297 g/mol. The summed E-state index contributed by atoms with van der Waals surface area (Å²) in [4.78, 5) is 7.28. The summed E-state index contributed by atoms with van der Waals surface area (Å²) in [5.41, 5.74) is 0.346. The zero-order chi connectivity index (χ0) is 15.3. The number of aromatic nitrogens is 2. The quantitative estimate of drug-likeness (QED) is 0.817. The molecule has 0 bridgehead atoms. The molecule has 2 N–H and O–H groups in total. The van der Waals surface area contributed by atoms with Gasteiger partial charge in [-0.25, -0.2) is 17.8 Å². The monoisotopic (exact) mass is 307 g/mol. The number of rotatable bonds is 3. The maximum atomic E-state index is 12.7. The molecule has 0 aliphatic rings. The largest absolute Gasteiger partial charge is 0.384 e. The second-order valence-electron chi connectivity index (χ2n) is 3.84. The van der Waals surface area contributed by atoms with Crippen LogP contribution in [0.2, 0.25) is 0 Å². The van der Waals surface area contributed by atoms with Crippen molar-refractivity contribution in [2.24, 2.45) is 0 Å². The molecule has 0 atom stereocenters. The minimum absolute atomic E-state index is 0.0109. The summed E-state index contributed by atoms with van der Waals surface area (Å²) in [7, 11) is -3.90. The SMILES string of the molecule is O=S(=O)(Nc1ccc(F)cn1)c1cncc(C#CCO)c1. The number of nitrogens with zero attached hydrogens (tertiary/aromatic N) is 2. The lowest BCUT2D eigenvalue weighted by atomic mass is 10.3. The fraction of sp³-hybridized carbons (Fsp3) is 0.0769. The van der Waals surface area contributed by atoms with E-state index in [0.717, 1.165) is 18.5 Å². The Kier molecular flexibility index (Phi) is 4.47. The van der Waals surface area contributed by atoms with Crippen molar-refractivity contribution in [2.45, 2.75) is 4.90 Å². The summed E-state index contributed by atoms with van der Waals surface area (Å²) in [5, 5.41) is 8.61. The van der Waals surface area contributed by atoms with Gasteiger partial charge in [0.05, 0.1) is 6.20 Å². The fourth-order valence-corrected chi connectivity index (χ4v) is 2.40. The Hall–Kier alpha value is -2.50. The topological polar surface area (TPSA) is 92.2 Å². The molecule has 0 aromatic carbocycles. The minimum Gasteiger partial charge on any atom is -0.384 e. The number of aliphatic hydroxyl groups excluding tert-OH is 1. The van der Waals surface area contributed by atoms with Crippen LogP contribution in [0, 0.1) is 17.7 Å². The molecule has 21 heavy (non-hydrogen) atoms. The number of hydrogen-bond acceptors (Lipinski definition) is 5. The summed E-state index contributed by atoms with van der Waals surface area (Å²) in [5.74, 6) is 4.37. The van der Waals surface area contributed by atoms with Gasteiger partial charge in [-0.2, -0.15) is 0 Å². The highest BCUT2D eigenvalue weighted by atomic mass is 32.2. The van der Waals surface area contributed by atoms with Crippen molar-refractivity contribution in [3.63, 3.8) is 0 Å². The molecule has 0 saturated heterocycles. The fourth-order valence-electron chi connectivity index (χ4n) is 1.41. The minimum atomic E-state index is -3.90. The second kappa shape index (κ2) is 6.30. The third kappa shape index (κ3) is 3.98. The van der Waals surface area contributed by atoms with Gasteiger partial charge in [-0.3, -0.25) is 9.71 Å². The van der Waals surface area contributed by atoms with Crippen LogP contribution < -0.4 is 4.72 Å². The van der Waals surface area contributed by atoms with E-state index in [2.05, 4.69) is 26.5 Å². The predicted molar refractivity (Wildman–Crippen MR) is 73.2 cm³/mol. The molecule has 6 nitrogen and oxygen atoms in total. The smallest absolute Gasteiger partial charge is 0.264 e. The summed E-state index contributed by atoms with van der Waals surface area (Å²) < 4.78 is 39.2. The first-order chi connectivity index (χ1) is 10.0. The molecule has 2 rings (SSSR count). The van der Waals surface area contributed by atoms with E-state index < -0.39 is 15.8 Å². The van der Waals surface area contributed by atoms with Gasteiger partial charge in [0.25, 0.3) is 10.0 Å². The van der Waals surface area contributed by atoms with Crippen LogP contribution in [-0.4, -0.2) is 30.1 Å². The van der Waals surface area contributed by atoms with Crippen LogP contribution in [0.15, 0.2) is 41.7 Å². The van der Waals surface area contributed by atoms with Crippen molar-refractivity contribution in [1.82, 2.24) is 9.97 Å². The van der Waals surface area contributed by atoms with Crippen molar-refractivity contribution in [3.8, 4) is 11.8 Å². The van der Waals surface area contributed by atoms with Crippen LogP contribution in [-0.2, 0) is 10.0 Å². The number of halogens is 1. The molecule has 0 amide bonds. The van der Waals surface area contributed by atoms with E-state index in [1.165, 1.54) is 18.3 Å². The van der Waals surface area contributed by atoms with Crippen LogP contribution in [0.3, 0.4) is 0 Å². The van der Waals surface area contributed by atoms with Crippen LogP contribution in [0.25, 0.3) is 0 Å². The normalized spacial score (nSPS) is 10.6. The van der Waals surface area contributed by atoms with Crippen LogP contribution >= 0.6 is 0 Å². The van der Waals surface area contributed by atoms with Crippen LogP contribution in [0.5, 0.6) is 0 Å². The van der Waals surface area contributed by atoms with Gasteiger partial charge in [-0.1, -0.05) is 11.8 Å². The van der Waals surface area contributed by atoms with E-state index in [4.69, 9.17) is 5.11 Å². The molecule has 0 saturated carbocycles. The summed E-state index contributed by atoms with van der Waals surface area (Å²) >= 11 is 0. The number of nitrogens with one attached hydrogen (secondary N) is 1. The average molecular weight is 307 g/mol. The Bertz CT molecular complexity index is 795. The third-order valence-corrected chi connectivity index (χ3v) is 3.62. The third-order valence-electron chi connectivity index (χ3n) is 2.30. The predicted octanol–water partition coefficient (Wildman–Crippen LogP) is 0.760. The maximum absolute atomic E-state index is 12.7. The van der Waals surface area contributed by atoms with E-state index in [1.54, 1.807) is 0 Å². The van der Waals surface area contributed by atoms with Gasteiger partial charge in [0.1, 0.15) is 23.1 Å². The van der Waals surface area contributed by atoms with Crippen LogP contribution in [0.1, 0.15) is 5.56 Å². The summed E-state index contributed by atoms with van der Waals surface area (Å²) in [6.07, 6.45) is 3.42. The highest BCUT2D eigenvalue weighted by molar-refractivity contribution is 7.92. The molecule has 2 aromatic rings. The highest BCUT2D eigenvalue weighted by Crippen LogP contribution is 2.14. The second-order valence-corrected chi connectivity index (χ2v) is 5.52. The molecule has 0 radical (unpaired) electrons. The molecule has 0 aliphatic heterocycles. The zero-order valence-electron chi connectivity index (χ0n) is 10.6. The number of hydrogen-bond donors (Lipinski definition) is 2. The van der Waals surface area contributed by atoms with Crippen molar-refractivity contribution < 1.29 is 17.9 Å². The maximum Gasteiger partial charge on any atom is 0.264 e. The van der Waals surface area contributed by atoms with Gasteiger partial charge in [0, 0.05) is 18.0 Å². The van der Waals surface area contributed by atoms with Gasteiger partial charge in [-0.15, -0.1) is 0 Å². The molecule has 2 heterocycles. The van der Waals surface area contributed by atoms with Gasteiger partial charge in [-0.05, 0) is 18.2 Å². The zero-order valence-corrected chi connectivity index (χ0v) is 11.4. The average Bonchev–Trinajstić information content (AvgIpc) is 2.48. The number of pyridine rings is 2. The molecule has 0 aliphatic carbocycles. The number of aliphatic hydroxyl groups is 1. The lowest BCUT2D eigenvalue weighted by molar-refractivity contribution is 0.350. The van der Waals surface area contributed by atoms with Gasteiger partial charge in [0.15, 0.2) is 0 Å². The van der Waals surface area contributed by atoms with Crippen LogP contribution in [0.4, 0.5) is 10.2 Å². The van der Waals surface area contributed by atoms with E-state index >= 15 is 0 Å². The molecule has 0 unspecified atom stereocenters. The van der Waals surface area contributed by atoms with E-state index in [1.807, 2.05) is 0 Å².